The van der Waals surface area contributed by atoms with E-state index in [9.17, 15) is 0 Å². The third-order valence-electron chi connectivity index (χ3n) is 2.23. The summed E-state index contributed by atoms with van der Waals surface area (Å²) in [5.74, 6) is 0. The van der Waals surface area contributed by atoms with Crippen molar-refractivity contribution in [1.82, 2.24) is 5.32 Å². The zero-order chi connectivity index (χ0) is 9.90. The van der Waals surface area contributed by atoms with Crippen LogP contribution in [-0.4, -0.2) is 5.54 Å². The minimum atomic E-state index is 0.198. The van der Waals surface area contributed by atoms with Gasteiger partial charge in [-0.05, 0) is 46.1 Å². The van der Waals surface area contributed by atoms with Crippen LogP contribution < -0.4 is 5.32 Å². The second-order valence-corrected chi connectivity index (χ2v) is 4.75. The largest absolute Gasteiger partial charge is 0.384 e. The molecule has 1 aliphatic carbocycles. The Kier molecular flexibility index (Phi) is 3.18. The van der Waals surface area contributed by atoms with E-state index in [1.807, 2.05) is 0 Å². The summed E-state index contributed by atoms with van der Waals surface area (Å²) in [6.45, 7) is 8.83. The summed E-state index contributed by atoms with van der Waals surface area (Å²) in [5.41, 5.74) is 3.15. The van der Waals surface area contributed by atoms with E-state index in [0.29, 0.717) is 0 Å². The van der Waals surface area contributed by atoms with E-state index in [1.165, 1.54) is 25.0 Å². The smallest absolute Gasteiger partial charge is 0.0286 e. The molecule has 0 bridgehead atoms. The van der Waals surface area contributed by atoms with Crippen molar-refractivity contribution < 1.29 is 0 Å². The fourth-order valence-corrected chi connectivity index (χ4v) is 1.56. The average Bonchev–Trinajstić information content (AvgIpc) is 2.03. The quantitative estimate of drug-likeness (QED) is 0.685. The van der Waals surface area contributed by atoms with Crippen LogP contribution in [0.2, 0.25) is 0 Å². The van der Waals surface area contributed by atoms with Gasteiger partial charge in [-0.2, -0.15) is 0 Å². The van der Waals surface area contributed by atoms with Gasteiger partial charge in [-0.1, -0.05) is 18.6 Å². The predicted molar refractivity (Wildman–Crippen MR) is 58.6 cm³/mol. The molecule has 0 fully saturated rings. The first-order chi connectivity index (χ1) is 6.01. The van der Waals surface area contributed by atoms with Gasteiger partial charge >= 0.3 is 0 Å². The van der Waals surface area contributed by atoms with Gasteiger partial charge in [-0.3, -0.25) is 0 Å². The molecular formula is C12H21N. The lowest BCUT2D eigenvalue weighted by Gasteiger charge is -2.26. The molecule has 1 N–H and O–H groups in total. The summed E-state index contributed by atoms with van der Waals surface area (Å²) in [4.78, 5) is 0. The summed E-state index contributed by atoms with van der Waals surface area (Å²) in [5, 5.41) is 3.52. The Morgan fingerprint density at radius 1 is 1.23 bits per heavy atom. The van der Waals surface area contributed by atoms with Gasteiger partial charge in [0, 0.05) is 11.2 Å². The minimum Gasteiger partial charge on any atom is -0.384 e. The molecule has 0 aromatic heterocycles. The third kappa shape index (κ3) is 3.67. The van der Waals surface area contributed by atoms with Crippen LogP contribution in [0.5, 0.6) is 0 Å². The highest BCUT2D eigenvalue weighted by molar-refractivity contribution is 5.23. The van der Waals surface area contributed by atoms with Crippen molar-refractivity contribution >= 4 is 0 Å². The van der Waals surface area contributed by atoms with Gasteiger partial charge in [-0.15, -0.1) is 0 Å². The van der Waals surface area contributed by atoms with Crippen molar-refractivity contribution in [2.75, 3.05) is 0 Å². The maximum absolute atomic E-state index is 3.52. The molecule has 1 rings (SSSR count). The fourth-order valence-electron chi connectivity index (χ4n) is 1.56. The van der Waals surface area contributed by atoms with E-state index in [0.717, 1.165) is 0 Å². The summed E-state index contributed by atoms with van der Waals surface area (Å²) in [6.07, 6.45) is 8.09. The molecule has 0 radical (unpaired) electrons. The van der Waals surface area contributed by atoms with Crippen LogP contribution in [0.1, 0.15) is 47.0 Å². The summed E-state index contributed by atoms with van der Waals surface area (Å²) >= 11 is 0. The first kappa shape index (κ1) is 10.4. The van der Waals surface area contributed by atoms with Gasteiger partial charge in [0.1, 0.15) is 0 Å². The second-order valence-electron chi connectivity index (χ2n) is 4.75. The molecule has 0 unspecified atom stereocenters. The molecule has 0 aliphatic heterocycles. The standard InChI is InChI=1S/C12H21N/c1-5-10-6-8-11(9-7-10)13-12(2,3)4/h6,8,13H,5,7,9H2,1-4H3. The number of nitrogens with one attached hydrogen (secondary N) is 1. The molecular weight excluding hydrogens is 158 g/mol. The summed E-state index contributed by atoms with van der Waals surface area (Å²) in [7, 11) is 0. The Bertz CT molecular complexity index is 228. The Balaban J connectivity index is 2.55. The number of hydrogen-bond acceptors (Lipinski definition) is 1. The van der Waals surface area contributed by atoms with Crippen molar-refractivity contribution in [3.8, 4) is 0 Å². The van der Waals surface area contributed by atoms with E-state index < -0.39 is 0 Å². The minimum absolute atomic E-state index is 0.198. The van der Waals surface area contributed by atoms with Crippen molar-refractivity contribution in [3.05, 3.63) is 23.4 Å². The van der Waals surface area contributed by atoms with Crippen molar-refractivity contribution in [1.29, 1.82) is 0 Å². The van der Waals surface area contributed by atoms with Crippen LogP contribution in [0, 0.1) is 0 Å². The lowest BCUT2D eigenvalue weighted by atomic mass is 9.99. The molecule has 0 heterocycles. The molecule has 0 saturated carbocycles. The Labute approximate surface area is 81.9 Å². The average molecular weight is 179 g/mol. The zero-order valence-corrected chi connectivity index (χ0v) is 9.28. The second kappa shape index (κ2) is 3.99. The highest BCUT2D eigenvalue weighted by atomic mass is 15.0. The monoisotopic (exact) mass is 179 g/mol. The van der Waals surface area contributed by atoms with Gasteiger partial charge in [0.2, 0.25) is 0 Å². The van der Waals surface area contributed by atoms with Crippen LogP contribution in [0.4, 0.5) is 0 Å². The van der Waals surface area contributed by atoms with Gasteiger partial charge in [0.15, 0.2) is 0 Å². The molecule has 0 amide bonds. The predicted octanol–water partition coefficient (Wildman–Crippen LogP) is 3.39. The topological polar surface area (TPSA) is 12.0 Å². The summed E-state index contributed by atoms with van der Waals surface area (Å²) < 4.78 is 0. The molecule has 0 aromatic rings. The van der Waals surface area contributed by atoms with Crippen molar-refractivity contribution in [2.45, 2.75) is 52.5 Å². The summed E-state index contributed by atoms with van der Waals surface area (Å²) in [6, 6.07) is 0. The van der Waals surface area contributed by atoms with Crippen LogP contribution in [-0.2, 0) is 0 Å². The highest BCUT2D eigenvalue weighted by Crippen LogP contribution is 2.20. The molecule has 0 spiro atoms. The molecule has 0 saturated heterocycles. The van der Waals surface area contributed by atoms with Crippen molar-refractivity contribution in [3.63, 3.8) is 0 Å². The normalized spacial score (nSPS) is 17.8. The number of hydrogen-bond donors (Lipinski definition) is 1. The molecule has 1 aliphatic rings. The maximum Gasteiger partial charge on any atom is 0.0286 e. The van der Waals surface area contributed by atoms with E-state index in [1.54, 1.807) is 5.57 Å². The fraction of sp³-hybridized carbons (Fsp3) is 0.667. The maximum atomic E-state index is 3.52. The molecule has 0 aromatic carbocycles. The van der Waals surface area contributed by atoms with E-state index in [4.69, 9.17) is 0 Å². The van der Waals surface area contributed by atoms with E-state index in [2.05, 4.69) is 45.2 Å². The molecule has 0 atom stereocenters. The molecule has 1 nitrogen and oxygen atoms in total. The number of rotatable bonds is 2. The van der Waals surface area contributed by atoms with E-state index >= 15 is 0 Å². The lowest BCUT2D eigenvalue weighted by molar-refractivity contribution is 0.461. The highest BCUT2D eigenvalue weighted by Gasteiger charge is 2.12. The Hall–Kier alpha value is -0.720. The first-order valence-electron chi connectivity index (χ1n) is 5.18. The molecule has 13 heavy (non-hydrogen) atoms. The zero-order valence-electron chi connectivity index (χ0n) is 9.28. The van der Waals surface area contributed by atoms with Crippen LogP contribution in [0.3, 0.4) is 0 Å². The first-order valence-corrected chi connectivity index (χ1v) is 5.18. The Morgan fingerprint density at radius 2 is 1.92 bits per heavy atom. The van der Waals surface area contributed by atoms with Crippen molar-refractivity contribution in [2.24, 2.45) is 0 Å². The third-order valence-corrected chi connectivity index (χ3v) is 2.23. The van der Waals surface area contributed by atoms with Crippen LogP contribution in [0.25, 0.3) is 0 Å². The van der Waals surface area contributed by atoms with Gasteiger partial charge in [0.25, 0.3) is 0 Å². The SMILES string of the molecule is CCC1=CC=C(NC(C)(C)C)CC1. The molecule has 1 heteroatoms. The van der Waals surface area contributed by atoms with Crippen LogP contribution >= 0.6 is 0 Å². The van der Waals surface area contributed by atoms with E-state index in [-0.39, 0.29) is 5.54 Å². The van der Waals surface area contributed by atoms with Gasteiger partial charge in [0.05, 0.1) is 0 Å². The Morgan fingerprint density at radius 3 is 2.31 bits per heavy atom. The lowest BCUT2D eigenvalue weighted by Crippen LogP contribution is -2.35. The molecule has 74 valence electrons. The number of allylic oxidation sites excluding steroid dienone is 4. The van der Waals surface area contributed by atoms with Crippen LogP contribution in [0.15, 0.2) is 23.4 Å². The van der Waals surface area contributed by atoms with Gasteiger partial charge < -0.3 is 5.32 Å². The van der Waals surface area contributed by atoms with Gasteiger partial charge in [-0.25, -0.2) is 0 Å².